The molecule has 110 valence electrons. The molecule has 2 aliphatic heterocycles. The third-order valence-electron chi connectivity index (χ3n) is 5.84. The van der Waals surface area contributed by atoms with E-state index in [-0.39, 0.29) is 0 Å². The van der Waals surface area contributed by atoms with Gasteiger partial charge in [-0.15, -0.1) is 0 Å². The van der Waals surface area contributed by atoms with Crippen LogP contribution in [0, 0.1) is 17.8 Å². The molecule has 2 saturated heterocycles. The minimum absolute atomic E-state index is 0.896. The Kier molecular flexibility index (Phi) is 4.48. The predicted octanol–water partition coefficient (Wildman–Crippen LogP) is 3.28. The molecule has 0 amide bonds. The summed E-state index contributed by atoms with van der Waals surface area (Å²) in [7, 11) is 0. The Hall–Kier alpha value is -0.0800. The first-order valence-electron chi connectivity index (χ1n) is 8.70. The zero-order chi connectivity index (χ0) is 13.2. The van der Waals surface area contributed by atoms with Crippen molar-refractivity contribution in [3.8, 4) is 0 Å². The Morgan fingerprint density at radius 2 is 1.74 bits per heavy atom. The molecule has 0 aromatic heterocycles. The van der Waals surface area contributed by atoms with Crippen molar-refractivity contribution in [1.29, 1.82) is 0 Å². The van der Waals surface area contributed by atoms with E-state index in [2.05, 4.69) is 24.1 Å². The summed E-state index contributed by atoms with van der Waals surface area (Å²) >= 11 is 0. The summed E-state index contributed by atoms with van der Waals surface area (Å²) in [6.07, 6.45) is 10.1. The molecule has 0 bridgehead atoms. The van der Waals surface area contributed by atoms with Gasteiger partial charge in [-0.1, -0.05) is 13.8 Å². The molecule has 0 aromatic rings. The number of nitrogens with one attached hydrogen (secondary N) is 1. The molecule has 0 spiro atoms. The summed E-state index contributed by atoms with van der Waals surface area (Å²) in [5.41, 5.74) is 0. The number of hydrogen-bond acceptors (Lipinski definition) is 2. The Balaban J connectivity index is 1.64. The average Bonchev–Trinajstić information content (AvgIpc) is 2.88. The van der Waals surface area contributed by atoms with Gasteiger partial charge in [0, 0.05) is 12.1 Å². The lowest BCUT2D eigenvalue weighted by atomic mass is 9.79. The van der Waals surface area contributed by atoms with Crippen LogP contribution in [0.15, 0.2) is 0 Å². The van der Waals surface area contributed by atoms with Crippen LogP contribution in [0.1, 0.15) is 58.8 Å². The van der Waals surface area contributed by atoms with Crippen molar-refractivity contribution in [2.75, 3.05) is 19.6 Å². The standard InChI is InChI=1S/C17H32N2/c1-13-9-14(2)11-16(10-13)19-8-4-6-17(19)15-5-3-7-18-12-15/h13-18H,3-12H2,1-2H3. The molecular formula is C17H32N2. The van der Waals surface area contributed by atoms with Crippen LogP contribution in [0.4, 0.5) is 0 Å². The van der Waals surface area contributed by atoms with E-state index in [0.29, 0.717) is 0 Å². The van der Waals surface area contributed by atoms with E-state index in [4.69, 9.17) is 0 Å². The van der Waals surface area contributed by atoms with Gasteiger partial charge in [0.2, 0.25) is 0 Å². The smallest absolute Gasteiger partial charge is 0.0139 e. The molecule has 3 rings (SSSR count). The maximum Gasteiger partial charge on any atom is 0.0139 e. The SMILES string of the molecule is CC1CC(C)CC(N2CCCC2C2CCCNC2)C1. The van der Waals surface area contributed by atoms with E-state index in [9.17, 15) is 0 Å². The van der Waals surface area contributed by atoms with Gasteiger partial charge in [0.15, 0.2) is 0 Å². The van der Waals surface area contributed by atoms with Crippen LogP contribution >= 0.6 is 0 Å². The molecule has 4 atom stereocenters. The monoisotopic (exact) mass is 264 g/mol. The Morgan fingerprint density at radius 1 is 0.947 bits per heavy atom. The molecule has 1 saturated carbocycles. The maximum atomic E-state index is 3.63. The molecule has 2 heterocycles. The summed E-state index contributed by atoms with van der Waals surface area (Å²) in [5.74, 6) is 2.82. The number of piperidine rings is 1. The van der Waals surface area contributed by atoms with Gasteiger partial charge in [-0.2, -0.15) is 0 Å². The first-order chi connectivity index (χ1) is 9.24. The summed E-state index contributed by atoms with van der Waals surface area (Å²) in [6.45, 7) is 8.84. The van der Waals surface area contributed by atoms with Gasteiger partial charge in [0.05, 0.1) is 0 Å². The van der Waals surface area contributed by atoms with E-state index in [0.717, 1.165) is 29.8 Å². The van der Waals surface area contributed by atoms with E-state index in [1.807, 2.05) is 0 Å². The lowest BCUT2D eigenvalue weighted by Gasteiger charge is -2.43. The minimum atomic E-state index is 0.896. The van der Waals surface area contributed by atoms with Crippen molar-refractivity contribution in [1.82, 2.24) is 10.2 Å². The molecule has 1 N–H and O–H groups in total. The van der Waals surface area contributed by atoms with Crippen molar-refractivity contribution in [3.63, 3.8) is 0 Å². The summed E-state index contributed by atoms with van der Waals surface area (Å²) in [5, 5.41) is 3.63. The second kappa shape index (κ2) is 6.13. The van der Waals surface area contributed by atoms with Gasteiger partial charge < -0.3 is 5.32 Å². The van der Waals surface area contributed by atoms with Gasteiger partial charge in [-0.25, -0.2) is 0 Å². The van der Waals surface area contributed by atoms with E-state index >= 15 is 0 Å². The molecule has 3 fully saturated rings. The van der Waals surface area contributed by atoms with Gasteiger partial charge >= 0.3 is 0 Å². The summed E-state index contributed by atoms with van der Waals surface area (Å²) in [4.78, 5) is 2.93. The van der Waals surface area contributed by atoms with Gasteiger partial charge in [-0.05, 0) is 82.3 Å². The van der Waals surface area contributed by atoms with Crippen LogP contribution in [0.2, 0.25) is 0 Å². The van der Waals surface area contributed by atoms with Crippen molar-refractivity contribution < 1.29 is 0 Å². The van der Waals surface area contributed by atoms with Gasteiger partial charge in [-0.3, -0.25) is 4.90 Å². The van der Waals surface area contributed by atoms with Crippen molar-refractivity contribution in [3.05, 3.63) is 0 Å². The lowest BCUT2D eigenvalue weighted by molar-refractivity contribution is 0.0676. The molecule has 3 aliphatic rings. The van der Waals surface area contributed by atoms with Crippen LogP contribution in [-0.2, 0) is 0 Å². The fourth-order valence-corrected chi connectivity index (χ4v) is 5.16. The highest BCUT2D eigenvalue weighted by molar-refractivity contribution is 4.93. The quantitative estimate of drug-likeness (QED) is 0.823. The first-order valence-corrected chi connectivity index (χ1v) is 8.70. The first kappa shape index (κ1) is 13.9. The highest BCUT2D eigenvalue weighted by Gasteiger charge is 2.38. The zero-order valence-electron chi connectivity index (χ0n) is 12.9. The second-order valence-electron chi connectivity index (χ2n) is 7.63. The summed E-state index contributed by atoms with van der Waals surface area (Å²) in [6, 6.07) is 1.79. The Morgan fingerprint density at radius 3 is 2.42 bits per heavy atom. The van der Waals surface area contributed by atoms with Crippen LogP contribution in [0.25, 0.3) is 0 Å². The zero-order valence-corrected chi connectivity index (χ0v) is 12.9. The number of nitrogens with zero attached hydrogens (tertiary/aromatic N) is 1. The summed E-state index contributed by atoms with van der Waals surface area (Å²) < 4.78 is 0. The molecule has 4 unspecified atom stereocenters. The number of likely N-dealkylation sites (tertiary alicyclic amines) is 1. The highest BCUT2D eigenvalue weighted by atomic mass is 15.2. The van der Waals surface area contributed by atoms with Crippen LogP contribution in [-0.4, -0.2) is 36.6 Å². The number of hydrogen-bond donors (Lipinski definition) is 1. The molecule has 0 aromatic carbocycles. The van der Waals surface area contributed by atoms with E-state index in [1.54, 1.807) is 0 Å². The highest BCUT2D eigenvalue weighted by Crippen LogP contribution is 2.37. The predicted molar refractivity (Wildman–Crippen MR) is 81.3 cm³/mol. The van der Waals surface area contributed by atoms with Crippen molar-refractivity contribution in [2.45, 2.75) is 70.9 Å². The fraction of sp³-hybridized carbons (Fsp3) is 1.00. The molecule has 1 aliphatic carbocycles. The minimum Gasteiger partial charge on any atom is -0.316 e. The van der Waals surface area contributed by atoms with Gasteiger partial charge in [0.1, 0.15) is 0 Å². The van der Waals surface area contributed by atoms with Crippen LogP contribution in [0.5, 0.6) is 0 Å². The molecule has 19 heavy (non-hydrogen) atoms. The third-order valence-corrected chi connectivity index (χ3v) is 5.84. The second-order valence-corrected chi connectivity index (χ2v) is 7.63. The Labute approximate surface area is 119 Å². The van der Waals surface area contributed by atoms with Crippen molar-refractivity contribution in [2.24, 2.45) is 17.8 Å². The van der Waals surface area contributed by atoms with Crippen LogP contribution in [0.3, 0.4) is 0 Å². The Bertz CT molecular complexity index is 275. The van der Waals surface area contributed by atoms with Crippen LogP contribution < -0.4 is 5.32 Å². The van der Waals surface area contributed by atoms with E-state index in [1.165, 1.54) is 64.6 Å². The number of rotatable bonds is 2. The third kappa shape index (κ3) is 3.16. The largest absolute Gasteiger partial charge is 0.316 e. The van der Waals surface area contributed by atoms with Gasteiger partial charge in [0.25, 0.3) is 0 Å². The normalized spacial score (nSPS) is 45.5. The fourth-order valence-electron chi connectivity index (χ4n) is 5.16. The van der Waals surface area contributed by atoms with E-state index < -0.39 is 0 Å². The molecule has 0 radical (unpaired) electrons. The average molecular weight is 264 g/mol. The lowest BCUT2D eigenvalue weighted by Crippen LogP contribution is -2.49. The maximum absolute atomic E-state index is 3.63. The molecular weight excluding hydrogens is 232 g/mol. The van der Waals surface area contributed by atoms with Crippen molar-refractivity contribution >= 4 is 0 Å². The topological polar surface area (TPSA) is 15.3 Å². The molecule has 2 nitrogen and oxygen atoms in total. The molecule has 2 heteroatoms.